The lowest BCUT2D eigenvalue weighted by molar-refractivity contribution is -0.139. The fraction of sp³-hybridized carbons (Fsp3) is 0.500. The SMILES string of the molecule is Cc1cc(CNC(=O)[C@@]2(C)CCCO2)c2[nH]c(C)c(C)c2c1. The minimum absolute atomic E-state index is 0.0142. The normalized spacial score (nSPS) is 21.5. The van der Waals surface area contributed by atoms with E-state index in [-0.39, 0.29) is 5.91 Å². The maximum absolute atomic E-state index is 12.4. The zero-order valence-electron chi connectivity index (χ0n) is 13.8. The molecule has 4 nitrogen and oxygen atoms in total. The molecule has 4 heteroatoms. The molecule has 1 atom stereocenters. The highest BCUT2D eigenvalue weighted by Gasteiger charge is 2.37. The van der Waals surface area contributed by atoms with Crippen LogP contribution in [-0.4, -0.2) is 23.1 Å². The van der Waals surface area contributed by atoms with E-state index in [9.17, 15) is 4.79 Å². The third-order valence-corrected chi connectivity index (χ3v) is 4.78. The summed E-state index contributed by atoms with van der Waals surface area (Å²) in [7, 11) is 0. The molecule has 2 heterocycles. The summed E-state index contributed by atoms with van der Waals surface area (Å²) in [6.45, 7) is 9.38. The first-order valence-electron chi connectivity index (χ1n) is 7.91. The van der Waals surface area contributed by atoms with Crippen LogP contribution in [0, 0.1) is 20.8 Å². The van der Waals surface area contributed by atoms with E-state index in [0.29, 0.717) is 13.2 Å². The van der Waals surface area contributed by atoms with Crippen molar-refractivity contribution in [2.24, 2.45) is 0 Å². The van der Waals surface area contributed by atoms with Gasteiger partial charge >= 0.3 is 0 Å². The van der Waals surface area contributed by atoms with Gasteiger partial charge in [0.1, 0.15) is 5.60 Å². The number of H-pyrrole nitrogens is 1. The second-order valence-electron chi connectivity index (χ2n) is 6.59. The summed E-state index contributed by atoms with van der Waals surface area (Å²) in [6.07, 6.45) is 1.75. The predicted octanol–water partition coefficient (Wildman–Crippen LogP) is 3.28. The van der Waals surface area contributed by atoms with Gasteiger partial charge in [-0.1, -0.05) is 11.6 Å². The Morgan fingerprint density at radius 1 is 1.36 bits per heavy atom. The van der Waals surface area contributed by atoms with Crippen molar-refractivity contribution in [3.8, 4) is 0 Å². The number of aromatic amines is 1. The molecule has 1 amide bonds. The van der Waals surface area contributed by atoms with Gasteiger partial charge in [0.2, 0.25) is 0 Å². The van der Waals surface area contributed by atoms with Crippen LogP contribution in [0.5, 0.6) is 0 Å². The molecule has 22 heavy (non-hydrogen) atoms. The van der Waals surface area contributed by atoms with Crippen LogP contribution in [0.4, 0.5) is 0 Å². The van der Waals surface area contributed by atoms with Crippen LogP contribution >= 0.6 is 0 Å². The van der Waals surface area contributed by atoms with Gasteiger partial charge in [0.05, 0.1) is 5.52 Å². The number of aromatic nitrogens is 1. The van der Waals surface area contributed by atoms with Crippen molar-refractivity contribution in [2.75, 3.05) is 6.61 Å². The van der Waals surface area contributed by atoms with Gasteiger partial charge in [-0.25, -0.2) is 0 Å². The van der Waals surface area contributed by atoms with Gasteiger partial charge in [-0.05, 0) is 57.7 Å². The summed E-state index contributed by atoms with van der Waals surface area (Å²) in [5.41, 5.74) is 5.25. The van der Waals surface area contributed by atoms with Crippen LogP contribution in [0.25, 0.3) is 10.9 Å². The average Bonchev–Trinajstić information content (AvgIpc) is 3.03. The van der Waals surface area contributed by atoms with Gasteiger partial charge in [-0.3, -0.25) is 4.79 Å². The topological polar surface area (TPSA) is 54.1 Å². The molecule has 0 saturated carbocycles. The van der Waals surface area contributed by atoms with Crippen LogP contribution in [0.2, 0.25) is 0 Å². The number of fused-ring (bicyclic) bond motifs is 1. The van der Waals surface area contributed by atoms with Gasteiger partial charge in [0, 0.05) is 24.2 Å². The Labute approximate surface area is 131 Å². The molecule has 118 valence electrons. The lowest BCUT2D eigenvalue weighted by atomic mass is 10.0. The standard InChI is InChI=1S/C18H24N2O2/c1-11-8-14(16-15(9-11)12(2)13(3)20-16)10-19-17(21)18(4)6-5-7-22-18/h8-9,20H,5-7,10H2,1-4H3,(H,19,21)/t18-/m1/s1. The molecular weight excluding hydrogens is 276 g/mol. The summed E-state index contributed by atoms with van der Waals surface area (Å²) in [4.78, 5) is 15.8. The van der Waals surface area contributed by atoms with Gasteiger partial charge in [0.15, 0.2) is 0 Å². The highest BCUT2D eigenvalue weighted by Crippen LogP contribution is 2.27. The molecule has 1 saturated heterocycles. The van der Waals surface area contributed by atoms with Crippen molar-refractivity contribution in [2.45, 2.75) is 52.7 Å². The summed E-state index contributed by atoms with van der Waals surface area (Å²) >= 11 is 0. The Kier molecular flexibility index (Phi) is 3.73. The van der Waals surface area contributed by atoms with Gasteiger partial charge in [-0.15, -0.1) is 0 Å². The minimum Gasteiger partial charge on any atom is -0.365 e. The molecule has 0 bridgehead atoms. The van der Waals surface area contributed by atoms with E-state index in [1.807, 2.05) is 6.92 Å². The van der Waals surface area contributed by atoms with Crippen LogP contribution in [0.15, 0.2) is 12.1 Å². The molecule has 2 aromatic rings. The fourth-order valence-corrected chi connectivity index (χ4v) is 3.25. The van der Waals surface area contributed by atoms with E-state index in [0.717, 1.165) is 23.9 Å². The number of rotatable bonds is 3. The van der Waals surface area contributed by atoms with Crippen LogP contribution in [0.1, 0.15) is 42.1 Å². The van der Waals surface area contributed by atoms with Crippen LogP contribution in [-0.2, 0) is 16.1 Å². The Morgan fingerprint density at radius 2 is 2.14 bits per heavy atom. The quantitative estimate of drug-likeness (QED) is 0.914. The number of amides is 1. The third-order valence-electron chi connectivity index (χ3n) is 4.78. The highest BCUT2D eigenvalue weighted by molar-refractivity contribution is 5.89. The first-order valence-corrected chi connectivity index (χ1v) is 7.91. The van der Waals surface area contributed by atoms with Crippen LogP contribution < -0.4 is 5.32 Å². The van der Waals surface area contributed by atoms with Crippen molar-refractivity contribution in [1.82, 2.24) is 10.3 Å². The smallest absolute Gasteiger partial charge is 0.252 e. The average molecular weight is 300 g/mol. The lowest BCUT2D eigenvalue weighted by Gasteiger charge is -2.22. The summed E-state index contributed by atoms with van der Waals surface area (Å²) in [6, 6.07) is 4.33. The minimum atomic E-state index is -0.662. The van der Waals surface area contributed by atoms with Crippen molar-refractivity contribution in [3.63, 3.8) is 0 Å². The van der Waals surface area contributed by atoms with Crippen molar-refractivity contribution in [1.29, 1.82) is 0 Å². The van der Waals surface area contributed by atoms with Gasteiger partial charge < -0.3 is 15.0 Å². The summed E-state index contributed by atoms with van der Waals surface area (Å²) in [5, 5.41) is 4.29. The highest BCUT2D eigenvalue weighted by atomic mass is 16.5. The number of carbonyl (C=O) groups is 1. The first kappa shape index (κ1) is 15.1. The summed E-state index contributed by atoms with van der Waals surface area (Å²) in [5.74, 6) is -0.0142. The van der Waals surface area contributed by atoms with E-state index in [1.54, 1.807) is 0 Å². The van der Waals surface area contributed by atoms with Crippen molar-refractivity contribution < 1.29 is 9.53 Å². The molecular formula is C18H24N2O2. The molecule has 1 aliphatic heterocycles. The number of benzene rings is 1. The molecule has 0 aliphatic carbocycles. The number of hydrogen-bond donors (Lipinski definition) is 2. The summed E-state index contributed by atoms with van der Waals surface area (Å²) < 4.78 is 5.61. The van der Waals surface area contributed by atoms with E-state index >= 15 is 0 Å². The Morgan fingerprint density at radius 3 is 2.82 bits per heavy atom. The second kappa shape index (κ2) is 5.43. The molecule has 1 aromatic heterocycles. The molecule has 0 unspecified atom stereocenters. The molecule has 2 N–H and O–H groups in total. The lowest BCUT2D eigenvalue weighted by Crippen LogP contribution is -2.43. The van der Waals surface area contributed by atoms with E-state index < -0.39 is 5.60 Å². The Hall–Kier alpha value is -1.81. The third kappa shape index (κ3) is 2.52. The molecule has 0 spiro atoms. The second-order valence-corrected chi connectivity index (χ2v) is 6.59. The number of ether oxygens (including phenoxy) is 1. The van der Waals surface area contributed by atoms with E-state index in [4.69, 9.17) is 4.74 Å². The number of nitrogens with one attached hydrogen (secondary N) is 2. The zero-order valence-corrected chi connectivity index (χ0v) is 13.8. The molecule has 1 aliphatic rings. The van der Waals surface area contributed by atoms with E-state index in [1.165, 1.54) is 22.2 Å². The number of aryl methyl sites for hydroxylation is 3. The first-order chi connectivity index (χ1) is 10.4. The fourth-order valence-electron chi connectivity index (χ4n) is 3.25. The molecule has 3 rings (SSSR count). The molecule has 1 fully saturated rings. The zero-order chi connectivity index (χ0) is 15.9. The maximum Gasteiger partial charge on any atom is 0.252 e. The Bertz CT molecular complexity index is 724. The van der Waals surface area contributed by atoms with Crippen molar-refractivity contribution >= 4 is 16.8 Å². The maximum atomic E-state index is 12.4. The monoisotopic (exact) mass is 300 g/mol. The van der Waals surface area contributed by atoms with Crippen molar-refractivity contribution in [3.05, 3.63) is 34.5 Å². The van der Waals surface area contributed by atoms with Crippen LogP contribution in [0.3, 0.4) is 0 Å². The van der Waals surface area contributed by atoms with Gasteiger partial charge in [-0.2, -0.15) is 0 Å². The number of carbonyl (C=O) groups excluding carboxylic acids is 1. The van der Waals surface area contributed by atoms with Gasteiger partial charge in [0.25, 0.3) is 5.91 Å². The molecule has 0 radical (unpaired) electrons. The number of hydrogen-bond acceptors (Lipinski definition) is 2. The predicted molar refractivity (Wildman–Crippen MR) is 87.9 cm³/mol. The molecule has 1 aromatic carbocycles. The van der Waals surface area contributed by atoms with E-state index in [2.05, 4.69) is 43.2 Å². The largest absolute Gasteiger partial charge is 0.365 e. The Balaban J connectivity index is 1.85.